The number of carbonyl (C=O) groups excluding carboxylic acids is 1. The maximum absolute atomic E-state index is 14.5. The zero-order chi connectivity index (χ0) is 41.5. The Morgan fingerprint density at radius 1 is 0.895 bits per heavy atom. The van der Waals surface area contributed by atoms with Gasteiger partial charge >= 0.3 is 0 Å². The Hall–Kier alpha value is -5.00. The Balaban J connectivity index is 0.00000166. The van der Waals surface area contributed by atoms with Gasteiger partial charge in [-0.25, -0.2) is 4.39 Å². The lowest BCUT2D eigenvalue weighted by molar-refractivity contribution is -0.106. The monoisotopic (exact) mass is 771 g/mol. The van der Waals surface area contributed by atoms with E-state index in [1.165, 1.54) is 23.6 Å². The van der Waals surface area contributed by atoms with Crippen molar-refractivity contribution in [3.8, 4) is 5.75 Å². The smallest absolute Gasteiger partial charge is 0.123 e. The van der Waals surface area contributed by atoms with Gasteiger partial charge in [-0.05, 0) is 124 Å². The number of alkyl halides is 1. The van der Waals surface area contributed by atoms with Crippen molar-refractivity contribution in [3.63, 3.8) is 0 Å². The first-order valence-corrected chi connectivity index (χ1v) is 20.8. The Labute approximate surface area is 343 Å². The number of benzene rings is 4. The van der Waals surface area contributed by atoms with E-state index >= 15 is 0 Å². The average Bonchev–Trinajstić information content (AvgIpc) is 3.21. The number of halogens is 1. The maximum atomic E-state index is 14.5. The highest BCUT2D eigenvalue weighted by molar-refractivity contribution is 5.76. The molecule has 0 amide bonds. The van der Waals surface area contributed by atoms with E-state index in [-0.39, 0.29) is 12.1 Å². The van der Waals surface area contributed by atoms with E-state index in [1.54, 1.807) is 13.8 Å². The zero-order valence-corrected chi connectivity index (χ0v) is 35.2. The normalized spacial score (nSPS) is 14.4. The van der Waals surface area contributed by atoms with E-state index in [4.69, 9.17) is 15.3 Å². The molecule has 5 rings (SSSR count). The number of hydrogen-bond acceptors (Lipinski definition) is 4. The second-order valence-corrected chi connectivity index (χ2v) is 15.3. The van der Waals surface area contributed by atoms with Crippen LogP contribution < -0.4 is 15.8 Å². The summed E-state index contributed by atoms with van der Waals surface area (Å²) in [6, 6.07) is 37.9. The minimum Gasteiger partial charge on any atom is -0.489 e. The quantitative estimate of drug-likeness (QED) is 0.0694. The molecule has 3 unspecified atom stereocenters. The molecule has 304 valence electrons. The van der Waals surface area contributed by atoms with Crippen molar-refractivity contribution >= 4 is 11.9 Å². The van der Waals surface area contributed by atoms with Gasteiger partial charge in [0.05, 0.1) is 6.04 Å². The van der Waals surface area contributed by atoms with Crippen LogP contribution in [0.5, 0.6) is 5.75 Å². The van der Waals surface area contributed by atoms with E-state index in [0.717, 1.165) is 84.9 Å². The van der Waals surface area contributed by atoms with Crippen LogP contribution in [0.4, 0.5) is 4.39 Å². The van der Waals surface area contributed by atoms with Crippen molar-refractivity contribution < 1.29 is 13.9 Å². The van der Waals surface area contributed by atoms with Crippen molar-refractivity contribution in [2.45, 2.75) is 117 Å². The molecule has 0 aliphatic heterocycles. The molecule has 0 heterocycles. The van der Waals surface area contributed by atoms with Crippen LogP contribution in [-0.2, 0) is 30.7 Å². The van der Waals surface area contributed by atoms with Gasteiger partial charge in [-0.1, -0.05) is 148 Å². The number of nitrogens with two attached hydrogens (primary N) is 1. The van der Waals surface area contributed by atoms with Crippen LogP contribution in [0.1, 0.15) is 101 Å². The van der Waals surface area contributed by atoms with Gasteiger partial charge in [-0.2, -0.15) is 0 Å². The van der Waals surface area contributed by atoms with Gasteiger partial charge in [0, 0.05) is 18.2 Å². The summed E-state index contributed by atoms with van der Waals surface area (Å²) >= 11 is 0. The highest BCUT2D eigenvalue weighted by atomic mass is 19.1. The fourth-order valence-corrected chi connectivity index (χ4v) is 6.97. The molecule has 0 aromatic heterocycles. The summed E-state index contributed by atoms with van der Waals surface area (Å²) in [5, 5.41) is 3.75. The van der Waals surface area contributed by atoms with Gasteiger partial charge in [-0.3, -0.25) is 0 Å². The van der Waals surface area contributed by atoms with Crippen LogP contribution in [-0.4, -0.2) is 24.0 Å². The van der Waals surface area contributed by atoms with E-state index in [0.29, 0.717) is 25.4 Å². The van der Waals surface area contributed by atoms with E-state index in [9.17, 15) is 4.39 Å². The Morgan fingerprint density at radius 2 is 1.49 bits per heavy atom. The number of aldehydes is 1. The van der Waals surface area contributed by atoms with E-state index < -0.39 is 5.67 Å². The van der Waals surface area contributed by atoms with Gasteiger partial charge in [0.15, 0.2) is 0 Å². The van der Waals surface area contributed by atoms with E-state index in [1.807, 2.05) is 44.2 Å². The Morgan fingerprint density at radius 3 is 2.11 bits per heavy atom. The molecule has 0 radical (unpaired) electrons. The molecule has 5 heteroatoms. The van der Waals surface area contributed by atoms with Gasteiger partial charge in [-0.15, -0.1) is 0 Å². The Kier molecular flexibility index (Phi) is 20.6. The molecule has 4 nitrogen and oxygen atoms in total. The zero-order valence-electron chi connectivity index (χ0n) is 35.2. The molecule has 0 spiro atoms. The number of carbonyl (C=O) groups is 1. The largest absolute Gasteiger partial charge is 0.489 e. The van der Waals surface area contributed by atoms with Crippen LogP contribution in [0, 0.1) is 5.92 Å². The molecule has 1 aliphatic rings. The van der Waals surface area contributed by atoms with Gasteiger partial charge in [0.25, 0.3) is 0 Å². The summed E-state index contributed by atoms with van der Waals surface area (Å²) in [7, 11) is 0. The third-order valence-electron chi connectivity index (χ3n) is 9.85. The molecule has 0 fully saturated rings. The fourth-order valence-electron chi connectivity index (χ4n) is 6.97. The minimum absolute atomic E-state index is 0.0834. The topological polar surface area (TPSA) is 64.3 Å². The number of hydrogen-bond donors (Lipinski definition) is 2. The summed E-state index contributed by atoms with van der Waals surface area (Å²) in [5.41, 5.74) is 14.6. The second kappa shape index (κ2) is 25.3. The first kappa shape index (κ1) is 46.4. The molecule has 3 N–H and O–H groups in total. The standard InChI is InChI=1S/C48H57FN2O.C2H4O.C2H6/c1-36(16-15-29-48(3,4)49)46(51-37(2)25-26-38-17-8-5-9-18-38)34-44-33-43(27-28-47(44)52-35-40-21-12-7-13-22-40)42-24-14-23-41(30-42)32-45(50)31-39-19-10-6-11-20-39;1-2-3;1-2/h5-14,17-22,24,27-28,30,33,41,45-46,51H,1-2,15-16,23,25-26,29,31-32,34-35,50H2,3-4H3;2H,1H3;1-2H3. The maximum Gasteiger partial charge on any atom is 0.123 e. The van der Waals surface area contributed by atoms with Crippen molar-refractivity contribution in [1.82, 2.24) is 5.32 Å². The minimum atomic E-state index is -1.21. The van der Waals surface area contributed by atoms with Crippen LogP contribution in [0.2, 0.25) is 0 Å². The molecule has 0 saturated heterocycles. The summed E-state index contributed by atoms with van der Waals surface area (Å²) in [6.07, 6.45) is 14.8. The van der Waals surface area contributed by atoms with Crippen molar-refractivity contribution in [2.24, 2.45) is 11.7 Å². The van der Waals surface area contributed by atoms with Crippen molar-refractivity contribution in [1.29, 1.82) is 0 Å². The highest BCUT2D eigenvalue weighted by Gasteiger charge is 2.21. The molecule has 0 saturated carbocycles. The number of allylic oxidation sites excluding steroid dienone is 5. The third kappa shape index (κ3) is 17.8. The van der Waals surface area contributed by atoms with Crippen LogP contribution in [0.25, 0.3) is 5.57 Å². The molecule has 4 aromatic rings. The predicted octanol–water partition coefficient (Wildman–Crippen LogP) is 12.5. The lowest BCUT2D eigenvalue weighted by atomic mass is 9.86. The molecular weight excluding hydrogens is 704 g/mol. The van der Waals surface area contributed by atoms with Crippen LogP contribution >= 0.6 is 0 Å². The highest BCUT2D eigenvalue weighted by Crippen LogP contribution is 2.33. The van der Waals surface area contributed by atoms with Crippen LogP contribution in [0.3, 0.4) is 0 Å². The second-order valence-electron chi connectivity index (χ2n) is 15.3. The Bertz CT molecular complexity index is 1830. The number of aryl methyl sites for hydroxylation is 1. The lowest BCUT2D eigenvalue weighted by Crippen LogP contribution is -2.32. The molecule has 57 heavy (non-hydrogen) atoms. The first-order chi connectivity index (χ1) is 27.5. The summed E-state index contributed by atoms with van der Waals surface area (Å²) < 4.78 is 21.0. The van der Waals surface area contributed by atoms with Gasteiger partial charge in [0.2, 0.25) is 0 Å². The molecule has 1 aliphatic carbocycles. The van der Waals surface area contributed by atoms with Crippen molar-refractivity contribution in [3.05, 3.63) is 180 Å². The summed E-state index contributed by atoms with van der Waals surface area (Å²) in [6.45, 7) is 18.2. The SMILES string of the molecule is C=C(CCc1ccccc1)NC(Cc1cc(C2=CC(CC(N)Cc3ccccc3)CC=C2)ccc1OCc1ccccc1)C(=C)CCCC(C)(C)F.CC.CC=O. The summed E-state index contributed by atoms with van der Waals surface area (Å²) in [4.78, 5) is 8.81. The van der Waals surface area contributed by atoms with Crippen LogP contribution in [0.15, 0.2) is 152 Å². The summed E-state index contributed by atoms with van der Waals surface area (Å²) in [5.74, 6) is 1.23. The van der Waals surface area contributed by atoms with Gasteiger partial charge in [0.1, 0.15) is 24.3 Å². The number of nitrogens with one attached hydrogen (secondary N) is 1. The fraction of sp³-hybridized carbons (Fsp3) is 0.365. The first-order valence-electron chi connectivity index (χ1n) is 20.8. The lowest BCUT2D eigenvalue weighted by Gasteiger charge is -2.26. The molecule has 4 aromatic carbocycles. The number of rotatable bonds is 20. The average molecular weight is 771 g/mol. The predicted molar refractivity (Wildman–Crippen MR) is 241 cm³/mol. The molecule has 3 atom stereocenters. The van der Waals surface area contributed by atoms with Gasteiger partial charge < -0.3 is 20.6 Å². The third-order valence-corrected chi connectivity index (χ3v) is 9.85. The molecular formula is C52H67FN2O2. The molecule has 0 bridgehead atoms. The van der Waals surface area contributed by atoms with E-state index in [2.05, 4.69) is 116 Å². The number of ether oxygens (including phenoxy) is 1. The van der Waals surface area contributed by atoms with Crippen molar-refractivity contribution in [2.75, 3.05) is 0 Å².